The van der Waals surface area contributed by atoms with Crippen molar-refractivity contribution in [1.29, 1.82) is 0 Å². The third kappa shape index (κ3) is 2.47. The van der Waals surface area contributed by atoms with Gasteiger partial charge >= 0.3 is 80.8 Å². The van der Waals surface area contributed by atoms with Gasteiger partial charge in [0.15, 0.2) is 0 Å². The molecule has 64 valence electrons. The predicted molar refractivity (Wildman–Crippen MR) is 52.7 cm³/mol. The second-order valence-corrected chi connectivity index (χ2v) is 3.36. The number of aryl methyl sites for hydroxylation is 1. The van der Waals surface area contributed by atoms with Crippen LogP contribution >= 0.6 is 0 Å². The molecule has 0 amide bonds. The van der Waals surface area contributed by atoms with Crippen molar-refractivity contribution in [3.63, 3.8) is 0 Å². The van der Waals surface area contributed by atoms with Crippen LogP contribution in [0.2, 0.25) is 0 Å². The number of ether oxygens (including phenoxy) is 1. The molecule has 0 radical (unpaired) electrons. The standard InChI is InChI=1S/C10H12OSe/c1-3-11-10(12)9-6-4-8(2)5-7-9/h4-7H,3H2,1-2H3. The Morgan fingerprint density at radius 1 is 1.33 bits per heavy atom. The first-order chi connectivity index (χ1) is 5.74. The van der Waals surface area contributed by atoms with Gasteiger partial charge < -0.3 is 0 Å². The average molecular weight is 227 g/mol. The Hall–Kier alpha value is -0.591. The summed E-state index contributed by atoms with van der Waals surface area (Å²) in [7, 11) is 0. The molecule has 0 saturated carbocycles. The van der Waals surface area contributed by atoms with Gasteiger partial charge in [-0.3, -0.25) is 0 Å². The van der Waals surface area contributed by atoms with Crippen molar-refractivity contribution < 1.29 is 4.74 Å². The molecule has 1 rings (SSSR count). The van der Waals surface area contributed by atoms with Gasteiger partial charge in [-0.1, -0.05) is 0 Å². The Bertz CT molecular complexity index is 264. The Morgan fingerprint density at radius 3 is 2.42 bits per heavy atom. The van der Waals surface area contributed by atoms with Crippen molar-refractivity contribution in [3.8, 4) is 0 Å². The first kappa shape index (κ1) is 9.50. The summed E-state index contributed by atoms with van der Waals surface area (Å²) in [6.07, 6.45) is 0. The van der Waals surface area contributed by atoms with E-state index in [0.717, 1.165) is 10.2 Å². The Morgan fingerprint density at radius 2 is 1.92 bits per heavy atom. The SMILES string of the molecule is CCOC(=[Se])c1ccc(C)cc1. The van der Waals surface area contributed by atoms with Crippen LogP contribution in [0.15, 0.2) is 24.3 Å². The van der Waals surface area contributed by atoms with E-state index in [0.29, 0.717) is 6.61 Å². The molecular formula is C10H12OSe. The summed E-state index contributed by atoms with van der Waals surface area (Å²) in [5.74, 6) is 0. The monoisotopic (exact) mass is 228 g/mol. The predicted octanol–water partition coefficient (Wildman–Crippen LogP) is 1.68. The third-order valence-corrected chi connectivity index (χ3v) is 2.30. The molecule has 0 aliphatic rings. The number of hydrogen-bond acceptors (Lipinski definition) is 1. The normalized spacial score (nSPS) is 9.50. The second-order valence-electron chi connectivity index (χ2n) is 2.59. The topological polar surface area (TPSA) is 9.23 Å². The Labute approximate surface area is 81.1 Å². The zero-order chi connectivity index (χ0) is 8.97. The summed E-state index contributed by atoms with van der Waals surface area (Å²) in [5, 5.41) is 0. The van der Waals surface area contributed by atoms with Crippen LogP contribution in [0.3, 0.4) is 0 Å². The van der Waals surface area contributed by atoms with E-state index in [1.54, 1.807) is 0 Å². The molecule has 0 aliphatic heterocycles. The number of benzene rings is 1. The van der Waals surface area contributed by atoms with Crippen molar-refractivity contribution >= 4 is 20.2 Å². The van der Waals surface area contributed by atoms with Gasteiger partial charge in [-0.05, 0) is 0 Å². The fraction of sp³-hybridized carbons (Fsp3) is 0.300. The van der Waals surface area contributed by atoms with E-state index < -0.39 is 0 Å². The molecular weight excluding hydrogens is 215 g/mol. The minimum atomic E-state index is 0.705. The van der Waals surface area contributed by atoms with Crippen LogP contribution in [0.5, 0.6) is 0 Å². The molecule has 0 N–H and O–H groups in total. The molecule has 0 aromatic heterocycles. The van der Waals surface area contributed by atoms with E-state index in [9.17, 15) is 0 Å². The summed E-state index contributed by atoms with van der Waals surface area (Å²) >= 11 is 2.91. The molecule has 1 nitrogen and oxygen atoms in total. The molecule has 0 bridgehead atoms. The molecule has 0 unspecified atom stereocenters. The fourth-order valence-electron chi connectivity index (χ4n) is 0.904. The van der Waals surface area contributed by atoms with Crippen LogP contribution in [0.1, 0.15) is 18.1 Å². The van der Waals surface area contributed by atoms with E-state index in [4.69, 9.17) is 4.74 Å². The van der Waals surface area contributed by atoms with Gasteiger partial charge in [0.25, 0.3) is 0 Å². The Balaban J connectivity index is 2.75. The number of hydrogen-bond donors (Lipinski definition) is 0. The summed E-state index contributed by atoms with van der Waals surface area (Å²) in [4.78, 5) is 0. The quantitative estimate of drug-likeness (QED) is 0.714. The van der Waals surface area contributed by atoms with Gasteiger partial charge in [-0.25, -0.2) is 0 Å². The van der Waals surface area contributed by atoms with Crippen LogP contribution in [-0.2, 0) is 4.74 Å². The van der Waals surface area contributed by atoms with Crippen molar-refractivity contribution in [2.45, 2.75) is 13.8 Å². The molecule has 0 spiro atoms. The van der Waals surface area contributed by atoms with Crippen LogP contribution in [0, 0.1) is 6.92 Å². The van der Waals surface area contributed by atoms with Gasteiger partial charge in [0.05, 0.1) is 0 Å². The molecule has 12 heavy (non-hydrogen) atoms. The molecule has 1 aromatic rings. The molecule has 0 heterocycles. The summed E-state index contributed by atoms with van der Waals surface area (Å²) < 4.78 is 6.20. The van der Waals surface area contributed by atoms with Crippen LogP contribution in [-0.4, -0.2) is 26.8 Å². The average Bonchev–Trinajstić information content (AvgIpc) is 2.06. The van der Waals surface area contributed by atoms with E-state index >= 15 is 0 Å². The van der Waals surface area contributed by atoms with Crippen LogP contribution in [0.25, 0.3) is 0 Å². The van der Waals surface area contributed by atoms with E-state index in [-0.39, 0.29) is 0 Å². The van der Waals surface area contributed by atoms with Gasteiger partial charge in [0.1, 0.15) is 0 Å². The van der Waals surface area contributed by atoms with Gasteiger partial charge in [0, 0.05) is 0 Å². The second kappa shape index (κ2) is 4.44. The first-order valence-corrected chi connectivity index (χ1v) is 4.83. The van der Waals surface area contributed by atoms with Gasteiger partial charge in [0.2, 0.25) is 0 Å². The van der Waals surface area contributed by atoms with E-state index in [1.165, 1.54) is 5.56 Å². The molecule has 0 fully saturated rings. The maximum absolute atomic E-state index is 5.33. The fourth-order valence-corrected chi connectivity index (χ4v) is 1.44. The molecule has 0 saturated heterocycles. The summed E-state index contributed by atoms with van der Waals surface area (Å²) in [6, 6.07) is 8.25. The van der Waals surface area contributed by atoms with E-state index in [1.807, 2.05) is 6.92 Å². The van der Waals surface area contributed by atoms with Crippen molar-refractivity contribution in [1.82, 2.24) is 0 Å². The van der Waals surface area contributed by atoms with Crippen LogP contribution in [0.4, 0.5) is 0 Å². The first-order valence-electron chi connectivity index (χ1n) is 3.98. The summed E-state index contributed by atoms with van der Waals surface area (Å²) in [5.41, 5.74) is 2.38. The minimum absolute atomic E-state index is 0.705. The molecule has 0 aliphatic carbocycles. The third-order valence-electron chi connectivity index (χ3n) is 1.56. The summed E-state index contributed by atoms with van der Waals surface area (Å²) in [6.45, 7) is 4.76. The zero-order valence-corrected chi connectivity index (χ0v) is 9.05. The zero-order valence-electron chi connectivity index (χ0n) is 7.33. The van der Waals surface area contributed by atoms with Crippen molar-refractivity contribution in [3.05, 3.63) is 35.4 Å². The molecule has 0 atom stereocenters. The molecule has 1 aromatic carbocycles. The van der Waals surface area contributed by atoms with Gasteiger partial charge in [-0.2, -0.15) is 0 Å². The van der Waals surface area contributed by atoms with Crippen LogP contribution < -0.4 is 0 Å². The van der Waals surface area contributed by atoms with E-state index in [2.05, 4.69) is 46.8 Å². The molecule has 2 heteroatoms. The maximum atomic E-state index is 5.33. The number of rotatable bonds is 3. The Kier molecular flexibility index (Phi) is 3.51. The van der Waals surface area contributed by atoms with Crippen molar-refractivity contribution in [2.24, 2.45) is 0 Å². The van der Waals surface area contributed by atoms with Crippen molar-refractivity contribution in [2.75, 3.05) is 6.61 Å². The van der Waals surface area contributed by atoms with Gasteiger partial charge in [-0.15, -0.1) is 0 Å².